The maximum Gasteiger partial charge on any atom is 0.126 e. The molecule has 0 aliphatic heterocycles. The second-order valence-corrected chi connectivity index (χ2v) is 10.0. The molecule has 0 spiro atoms. The molecular formula is C36H29N3. The van der Waals surface area contributed by atoms with Crippen LogP contribution in [0.4, 0.5) is 11.4 Å². The highest BCUT2D eigenvalue weighted by Gasteiger charge is 2.24. The van der Waals surface area contributed by atoms with Crippen molar-refractivity contribution in [2.24, 2.45) is 7.05 Å². The summed E-state index contributed by atoms with van der Waals surface area (Å²) in [4.78, 5) is 2.33. The van der Waals surface area contributed by atoms with Crippen molar-refractivity contribution in [1.82, 2.24) is 9.13 Å². The molecule has 0 aliphatic carbocycles. The molecule has 0 amide bonds. The predicted molar refractivity (Wildman–Crippen MR) is 165 cm³/mol. The van der Waals surface area contributed by atoms with Crippen LogP contribution in [-0.4, -0.2) is 16.2 Å². The third kappa shape index (κ3) is 3.74. The van der Waals surface area contributed by atoms with E-state index in [1.54, 1.807) is 0 Å². The normalized spacial score (nSPS) is 11.3. The number of hydrogen-bond donors (Lipinski definition) is 0. The van der Waals surface area contributed by atoms with E-state index in [-0.39, 0.29) is 0 Å². The van der Waals surface area contributed by atoms with Gasteiger partial charge in [-0.2, -0.15) is 0 Å². The molecule has 3 nitrogen and oxygen atoms in total. The minimum absolute atomic E-state index is 1.15. The van der Waals surface area contributed by atoms with Gasteiger partial charge in [0.25, 0.3) is 0 Å². The first-order valence-electron chi connectivity index (χ1n) is 13.3. The van der Waals surface area contributed by atoms with Crippen molar-refractivity contribution in [2.75, 3.05) is 11.9 Å². The number of rotatable bonds is 5. The summed E-state index contributed by atoms with van der Waals surface area (Å²) in [5.74, 6) is 0. The summed E-state index contributed by atoms with van der Waals surface area (Å²) in [5, 5.41) is 2.52. The molecule has 7 rings (SSSR count). The molecule has 7 aromatic rings. The van der Waals surface area contributed by atoms with Crippen molar-refractivity contribution < 1.29 is 0 Å². The van der Waals surface area contributed by atoms with Gasteiger partial charge >= 0.3 is 0 Å². The topological polar surface area (TPSA) is 13.1 Å². The first-order chi connectivity index (χ1) is 19.2. The second-order valence-electron chi connectivity index (χ2n) is 10.0. The molecule has 2 aromatic heterocycles. The number of anilines is 2. The van der Waals surface area contributed by atoms with E-state index in [0.717, 1.165) is 11.4 Å². The molecule has 3 heteroatoms. The molecule has 0 fully saturated rings. The molecule has 0 saturated carbocycles. The lowest BCUT2D eigenvalue weighted by Crippen LogP contribution is -2.12. The third-order valence-corrected chi connectivity index (χ3v) is 7.68. The number of para-hydroxylation sites is 4. The molecule has 0 atom stereocenters. The molecule has 188 valence electrons. The lowest BCUT2D eigenvalue weighted by molar-refractivity contribution is 0.927. The molecule has 0 bridgehead atoms. The van der Waals surface area contributed by atoms with Gasteiger partial charge in [-0.25, -0.2) is 0 Å². The van der Waals surface area contributed by atoms with Crippen molar-refractivity contribution in [3.05, 3.63) is 140 Å². The van der Waals surface area contributed by atoms with E-state index in [2.05, 4.69) is 168 Å². The molecule has 2 heterocycles. The smallest absolute Gasteiger partial charge is 0.126 e. The highest BCUT2D eigenvalue weighted by atomic mass is 15.1. The molecule has 39 heavy (non-hydrogen) atoms. The maximum absolute atomic E-state index is 2.38. The fourth-order valence-corrected chi connectivity index (χ4v) is 5.94. The third-order valence-electron chi connectivity index (χ3n) is 7.68. The summed E-state index contributed by atoms with van der Waals surface area (Å²) in [5.41, 5.74) is 10.8. The van der Waals surface area contributed by atoms with Crippen LogP contribution in [0.2, 0.25) is 0 Å². The quantitative estimate of drug-likeness (QED) is 0.228. The van der Waals surface area contributed by atoms with E-state index in [9.17, 15) is 0 Å². The van der Waals surface area contributed by atoms with Gasteiger partial charge in [0.2, 0.25) is 0 Å². The highest BCUT2D eigenvalue weighted by Crippen LogP contribution is 2.46. The van der Waals surface area contributed by atoms with Crippen LogP contribution in [0.25, 0.3) is 49.9 Å². The standard InChI is InChI=1S/C36H29N3/c1-37-25-32(34-31-21-12-13-24-33(31)39(36(34)37)28-19-10-5-11-20-28)30-23-14-22-29(26-15-6-3-7-16-26)35(30)38(2)27-17-8-4-9-18-27/h3-25H,1-2H3. The summed E-state index contributed by atoms with van der Waals surface area (Å²) in [6, 6.07) is 47.4. The zero-order valence-corrected chi connectivity index (χ0v) is 22.1. The fourth-order valence-electron chi connectivity index (χ4n) is 5.94. The number of aromatic nitrogens is 2. The van der Waals surface area contributed by atoms with Crippen LogP contribution in [0.3, 0.4) is 0 Å². The fraction of sp³-hybridized carbons (Fsp3) is 0.0556. The van der Waals surface area contributed by atoms with Gasteiger partial charge in [0.1, 0.15) is 5.65 Å². The van der Waals surface area contributed by atoms with E-state index in [1.807, 2.05) is 0 Å². The summed E-state index contributed by atoms with van der Waals surface area (Å²) >= 11 is 0. The SMILES string of the molecule is CN(c1ccccc1)c1c(-c2ccccc2)cccc1-c1cn(C)c2c1c1ccccc1n2-c1ccccc1. The van der Waals surface area contributed by atoms with Gasteiger partial charge in [-0.05, 0) is 35.9 Å². The lowest BCUT2D eigenvalue weighted by Gasteiger charge is -2.26. The van der Waals surface area contributed by atoms with E-state index in [1.165, 1.54) is 49.9 Å². The zero-order valence-electron chi connectivity index (χ0n) is 22.1. The van der Waals surface area contributed by atoms with E-state index < -0.39 is 0 Å². The van der Waals surface area contributed by atoms with Gasteiger partial charge in [0.15, 0.2) is 0 Å². The molecule has 0 saturated heterocycles. The first kappa shape index (κ1) is 23.1. The Morgan fingerprint density at radius 2 is 1.18 bits per heavy atom. The Balaban J connectivity index is 1.57. The summed E-state index contributed by atoms with van der Waals surface area (Å²) in [7, 11) is 4.33. The molecule has 0 radical (unpaired) electrons. The second kappa shape index (κ2) is 9.38. The van der Waals surface area contributed by atoms with Gasteiger partial charge in [-0.3, -0.25) is 4.57 Å². The molecule has 0 aliphatic rings. The molecule has 0 unspecified atom stereocenters. The van der Waals surface area contributed by atoms with Crippen molar-refractivity contribution in [2.45, 2.75) is 0 Å². The van der Waals surface area contributed by atoms with E-state index in [4.69, 9.17) is 0 Å². The van der Waals surface area contributed by atoms with Crippen LogP contribution in [0, 0.1) is 0 Å². The Morgan fingerprint density at radius 3 is 1.92 bits per heavy atom. The van der Waals surface area contributed by atoms with Crippen LogP contribution >= 0.6 is 0 Å². The summed E-state index contributed by atoms with van der Waals surface area (Å²) in [6.07, 6.45) is 2.29. The van der Waals surface area contributed by atoms with Crippen LogP contribution in [0.1, 0.15) is 0 Å². The van der Waals surface area contributed by atoms with Crippen molar-refractivity contribution in [3.8, 4) is 27.9 Å². The molecule has 5 aromatic carbocycles. The van der Waals surface area contributed by atoms with Crippen LogP contribution in [-0.2, 0) is 7.05 Å². The Bertz CT molecular complexity index is 1910. The van der Waals surface area contributed by atoms with Crippen molar-refractivity contribution >= 4 is 33.3 Å². The number of nitrogens with zero attached hydrogens (tertiary/aromatic N) is 3. The van der Waals surface area contributed by atoms with Gasteiger partial charge in [0, 0.05) is 59.1 Å². The zero-order chi connectivity index (χ0) is 26.3. The summed E-state index contributed by atoms with van der Waals surface area (Å²) < 4.78 is 4.66. The molecule has 0 N–H and O–H groups in total. The number of hydrogen-bond acceptors (Lipinski definition) is 1. The largest absolute Gasteiger partial charge is 0.344 e. The predicted octanol–water partition coefficient (Wildman–Crippen LogP) is 9.22. The monoisotopic (exact) mass is 503 g/mol. The number of benzene rings is 5. The summed E-state index contributed by atoms with van der Waals surface area (Å²) in [6.45, 7) is 0. The van der Waals surface area contributed by atoms with Gasteiger partial charge in [-0.1, -0.05) is 103 Å². The minimum atomic E-state index is 1.15. The Morgan fingerprint density at radius 1 is 0.564 bits per heavy atom. The van der Waals surface area contributed by atoms with Crippen molar-refractivity contribution in [1.29, 1.82) is 0 Å². The average Bonchev–Trinajstić information content (AvgIpc) is 3.53. The van der Waals surface area contributed by atoms with Crippen molar-refractivity contribution in [3.63, 3.8) is 0 Å². The Kier molecular flexibility index (Phi) is 5.56. The number of fused-ring (bicyclic) bond motifs is 3. The van der Waals surface area contributed by atoms with E-state index in [0.29, 0.717) is 0 Å². The van der Waals surface area contributed by atoms with Gasteiger partial charge < -0.3 is 9.47 Å². The minimum Gasteiger partial charge on any atom is -0.344 e. The number of aryl methyl sites for hydroxylation is 1. The molecular weight excluding hydrogens is 474 g/mol. The van der Waals surface area contributed by atoms with Gasteiger partial charge in [-0.15, -0.1) is 0 Å². The highest BCUT2D eigenvalue weighted by molar-refractivity contribution is 6.17. The Labute approximate surface area is 228 Å². The van der Waals surface area contributed by atoms with Crippen LogP contribution in [0.15, 0.2) is 140 Å². The average molecular weight is 504 g/mol. The van der Waals surface area contributed by atoms with Crippen LogP contribution < -0.4 is 4.90 Å². The first-order valence-corrected chi connectivity index (χ1v) is 13.3. The van der Waals surface area contributed by atoms with Gasteiger partial charge in [0.05, 0.1) is 11.2 Å². The van der Waals surface area contributed by atoms with E-state index >= 15 is 0 Å². The Hall–Kier alpha value is -5.02. The van der Waals surface area contributed by atoms with Crippen LogP contribution in [0.5, 0.6) is 0 Å². The maximum atomic E-state index is 2.38. The lowest BCUT2D eigenvalue weighted by atomic mass is 9.94.